The average molecular weight is 595 g/mol. The molecule has 0 aliphatic carbocycles. The van der Waals surface area contributed by atoms with Crippen molar-refractivity contribution in [3.8, 4) is 0 Å². The SMILES string of the molecule is C[C@@H]1CN(CCC(C)(C(=O)N(C)Cc2ccc(C(F)(F)F)cc2)c2ccc(Cl)c(Cl)c2)CCN1S(C)(=O)=O. The highest BCUT2D eigenvalue weighted by molar-refractivity contribution is 7.88. The quantitative estimate of drug-likeness (QED) is 0.417. The number of halogens is 5. The Hall–Kier alpha value is -1.85. The molecular formula is C26H32Cl2F3N3O3S. The summed E-state index contributed by atoms with van der Waals surface area (Å²) in [5.41, 5.74) is -0.539. The second-order valence-electron chi connectivity index (χ2n) is 10.1. The van der Waals surface area contributed by atoms with Crippen molar-refractivity contribution in [2.75, 3.05) is 39.5 Å². The van der Waals surface area contributed by atoms with E-state index >= 15 is 0 Å². The molecule has 1 amide bonds. The first-order chi connectivity index (χ1) is 17.5. The molecule has 1 heterocycles. The predicted molar refractivity (Wildman–Crippen MR) is 144 cm³/mol. The normalized spacial score (nSPS) is 19.2. The summed E-state index contributed by atoms with van der Waals surface area (Å²) in [6.45, 7) is 5.75. The fourth-order valence-electron chi connectivity index (χ4n) is 4.87. The van der Waals surface area contributed by atoms with Gasteiger partial charge in [0.05, 0.1) is 27.3 Å². The lowest BCUT2D eigenvalue weighted by molar-refractivity contribution is -0.138. The molecule has 0 aromatic heterocycles. The van der Waals surface area contributed by atoms with Crippen LogP contribution >= 0.6 is 23.2 Å². The van der Waals surface area contributed by atoms with E-state index in [9.17, 15) is 26.4 Å². The first-order valence-electron chi connectivity index (χ1n) is 12.1. The molecule has 2 aromatic carbocycles. The van der Waals surface area contributed by atoms with Crippen molar-refractivity contribution in [3.05, 3.63) is 69.2 Å². The zero-order valence-corrected chi connectivity index (χ0v) is 24.1. The highest BCUT2D eigenvalue weighted by Crippen LogP contribution is 2.35. The van der Waals surface area contributed by atoms with Gasteiger partial charge in [-0.25, -0.2) is 8.42 Å². The average Bonchev–Trinajstić information content (AvgIpc) is 2.82. The summed E-state index contributed by atoms with van der Waals surface area (Å²) >= 11 is 12.4. The number of sulfonamides is 1. The summed E-state index contributed by atoms with van der Waals surface area (Å²) < 4.78 is 64.3. The highest BCUT2D eigenvalue weighted by Gasteiger charge is 2.39. The van der Waals surface area contributed by atoms with Gasteiger partial charge in [0.2, 0.25) is 15.9 Å². The van der Waals surface area contributed by atoms with E-state index in [4.69, 9.17) is 23.2 Å². The Bertz CT molecular complexity index is 1260. The van der Waals surface area contributed by atoms with Crippen LogP contribution in [0.5, 0.6) is 0 Å². The van der Waals surface area contributed by atoms with E-state index in [2.05, 4.69) is 4.90 Å². The standard InChI is InChI=1S/C26H32Cl2F3N3O3S/c1-18-16-33(13-14-34(18)38(4,36)37)12-11-25(2,21-9-10-22(27)23(28)15-21)24(35)32(3)17-19-5-7-20(8-6-19)26(29,30)31/h5-10,15,18H,11-14,16-17H2,1-4H3/t18-,25?/m1/s1. The van der Waals surface area contributed by atoms with Gasteiger partial charge in [-0.15, -0.1) is 0 Å². The van der Waals surface area contributed by atoms with Crippen LogP contribution in [0.4, 0.5) is 13.2 Å². The van der Waals surface area contributed by atoms with E-state index in [-0.39, 0.29) is 18.5 Å². The van der Waals surface area contributed by atoms with Crippen LogP contribution in [0.15, 0.2) is 42.5 Å². The van der Waals surface area contributed by atoms with E-state index in [1.165, 1.54) is 27.6 Å². The number of likely N-dealkylation sites (N-methyl/N-ethyl adjacent to an activating group) is 1. The molecule has 1 saturated heterocycles. The van der Waals surface area contributed by atoms with Crippen molar-refractivity contribution in [3.63, 3.8) is 0 Å². The number of amides is 1. The lowest BCUT2D eigenvalue weighted by Crippen LogP contribution is -2.54. The van der Waals surface area contributed by atoms with Crippen LogP contribution in [0.2, 0.25) is 10.0 Å². The van der Waals surface area contributed by atoms with Gasteiger partial charge < -0.3 is 9.80 Å². The summed E-state index contributed by atoms with van der Waals surface area (Å²) in [5, 5.41) is 0.665. The Labute approximate surface area is 232 Å². The molecule has 0 radical (unpaired) electrons. The molecule has 1 aliphatic heterocycles. The smallest absolute Gasteiger partial charge is 0.341 e. The third kappa shape index (κ3) is 7.21. The van der Waals surface area contributed by atoms with E-state index in [1.54, 1.807) is 25.2 Å². The van der Waals surface area contributed by atoms with Crippen LogP contribution in [-0.2, 0) is 33.0 Å². The minimum atomic E-state index is -4.43. The Morgan fingerprint density at radius 1 is 1.05 bits per heavy atom. The Morgan fingerprint density at radius 2 is 1.66 bits per heavy atom. The van der Waals surface area contributed by atoms with E-state index in [0.29, 0.717) is 53.8 Å². The van der Waals surface area contributed by atoms with Crippen molar-refractivity contribution >= 4 is 39.1 Å². The van der Waals surface area contributed by atoms with Gasteiger partial charge in [0, 0.05) is 39.3 Å². The summed E-state index contributed by atoms with van der Waals surface area (Å²) in [6.07, 6.45) is -2.82. The second-order valence-corrected chi connectivity index (χ2v) is 12.8. The largest absolute Gasteiger partial charge is 0.416 e. The van der Waals surface area contributed by atoms with Gasteiger partial charge in [0.25, 0.3) is 0 Å². The summed E-state index contributed by atoms with van der Waals surface area (Å²) in [7, 11) is -1.69. The molecule has 0 spiro atoms. The molecule has 6 nitrogen and oxygen atoms in total. The van der Waals surface area contributed by atoms with Crippen LogP contribution in [0.1, 0.15) is 37.0 Å². The molecule has 1 unspecified atom stereocenters. The lowest BCUT2D eigenvalue weighted by Gasteiger charge is -2.40. The van der Waals surface area contributed by atoms with Crippen LogP contribution in [0.25, 0.3) is 0 Å². The maximum Gasteiger partial charge on any atom is 0.416 e. The Kier molecular flexibility index (Phi) is 9.46. The molecule has 0 N–H and O–H groups in total. The third-order valence-electron chi connectivity index (χ3n) is 7.08. The van der Waals surface area contributed by atoms with Crippen LogP contribution in [0.3, 0.4) is 0 Å². The van der Waals surface area contributed by atoms with Crippen molar-refractivity contribution in [2.45, 2.75) is 44.4 Å². The van der Waals surface area contributed by atoms with Gasteiger partial charge in [-0.1, -0.05) is 41.4 Å². The van der Waals surface area contributed by atoms with Crippen LogP contribution in [0, 0.1) is 0 Å². The monoisotopic (exact) mass is 593 g/mol. The zero-order valence-electron chi connectivity index (χ0n) is 21.7. The first-order valence-corrected chi connectivity index (χ1v) is 14.7. The fraction of sp³-hybridized carbons (Fsp3) is 0.500. The number of hydrogen-bond acceptors (Lipinski definition) is 4. The Morgan fingerprint density at radius 3 is 2.18 bits per heavy atom. The van der Waals surface area contributed by atoms with E-state index in [1.807, 2.05) is 13.8 Å². The topological polar surface area (TPSA) is 60.9 Å². The maximum absolute atomic E-state index is 13.9. The molecule has 38 heavy (non-hydrogen) atoms. The molecule has 1 aliphatic rings. The number of rotatable bonds is 8. The number of carbonyl (C=O) groups is 1. The Balaban J connectivity index is 1.81. The van der Waals surface area contributed by atoms with Gasteiger partial charge in [-0.2, -0.15) is 17.5 Å². The van der Waals surface area contributed by atoms with Crippen LogP contribution in [-0.4, -0.2) is 74.0 Å². The minimum absolute atomic E-state index is 0.123. The minimum Gasteiger partial charge on any atom is -0.341 e. The molecule has 3 rings (SSSR count). The number of nitrogens with zero attached hydrogens (tertiary/aromatic N) is 3. The molecule has 0 saturated carbocycles. The van der Waals surface area contributed by atoms with Crippen molar-refractivity contribution in [1.82, 2.24) is 14.1 Å². The third-order valence-corrected chi connectivity index (χ3v) is 9.21. The molecule has 1 fully saturated rings. The maximum atomic E-state index is 13.9. The van der Waals surface area contributed by atoms with Gasteiger partial charge >= 0.3 is 6.18 Å². The lowest BCUT2D eigenvalue weighted by atomic mass is 9.77. The number of carbonyl (C=O) groups excluding carboxylic acids is 1. The van der Waals surface area contributed by atoms with Crippen LogP contribution < -0.4 is 0 Å². The van der Waals surface area contributed by atoms with Crippen molar-refractivity contribution < 1.29 is 26.4 Å². The number of alkyl halides is 3. The van der Waals surface area contributed by atoms with Gasteiger partial charge in [-0.05, 0) is 62.2 Å². The number of benzene rings is 2. The molecular weight excluding hydrogens is 562 g/mol. The molecule has 12 heteroatoms. The fourth-order valence-corrected chi connectivity index (χ4v) is 6.31. The first kappa shape index (κ1) is 30.7. The molecule has 210 valence electrons. The van der Waals surface area contributed by atoms with Crippen molar-refractivity contribution in [2.24, 2.45) is 0 Å². The zero-order chi connectivity index (χ0) is 28.5. The van der Waals surface area contributed by atoms with Crippen molar-refractivity contribution in [1.29, 1.82) is 0 Å². The summed E-state index contributed by atoms with van der Waals surface area (Å²) in [4.78, 5) is 17.5. The van der Waals surface area contributed by atoms with Gasteiger partial charge in [0.1, 0.15) is 0 Å². The summed E-state index contributed by atoms with van der Waals surface area (Å²) in [5.74, 6) is -0.224. The molecule has 0 bridgehead atoms. The second kappa shape index (κ2) is 11.7. The van der Waals surface area contributed by atoms with Gasteiger partial charge in [-0.3, -0.25) is 4.79 Å². The molecule has 2 aromatic rings. The van der Waals surface area contributed by atoms with E-state index < -0.39 is 27.2 Å². The predicted octanol–water partition coefficient (Wildman–Crippen LogP) is 5.28. The van der Waals surface area contributed by atoms with E-state index in [0.717, 1.165) is 12.1 Å². The summed E-state index contributed by atoms with van der Waals surface area (Å²) in [6, 6.07) is 9.59. The number of hydrogen-bond donors (Lipinski definition) is 0. The van der Waals surface area contributed by atoms with Gasteiger partial charge in [0.15, 0.2) is 0 Å². The highest BCUT2D eigenvalue weighted by atomic mass is 35.5. The molecule has 2 atom stereocenters. The number of piperazine rings is 1.